The van der Waals surface area contributed by atoms with Crippen LogP contribution < -0.4 is 15.8 Å². The van der Waals surface area contributed by atoms with Gasteiger partial charge in [-0.2, -0.15) is 10.5 Å². The first-order valence-electron chi connectivity index (χ1n) is 5.82. The third-order valence-electron chi connectivity index (χ3n) is 2.78. The topological polar surface area (TPSA) is 94.9 Å². The van der Waals surface area contributed by atoms with Crippen LogP contribution in [0.25, 0.3) is 0 Å². The van der Waals surface area contributed by atoms with Gasteiger partial charge in [0.05, 0.1) is 30.0 Å². The summed E-state index contributed by atoms with van der Waals surface area (Å²) in [6.07, 6.45) is 0. The van der Waals surface area contributed by atoms with Crippen molar-refractivity contribution in [3.63, 3.8) is 0 Å². The van der Waals surface area contributed by atoms with Crippen LogP contribution in [0.5, 0.6) is 5.75 Å². The molecule has 0 fully saturated rings. The summed E-state index contributed by atoms with van der Waals surface area (Å²) in [6, 6.07) is 14.3. The first-order chi connectivity index (χ1) is 9.67. The van der Waals surface area contributed by atoms with Gasteiger partial charge in [0.25, 0.3) is 0 Å². The van der Waals surface area contributed by atoms with E-state index in [0.717, 1.165) is 5.69 Å². The van der Waals surface area contributed by atoms with Gasteiger partial charge in [-0.1, -0.05) is 0 Å². The summed E-state index contributed by atoms with van der Waals surface area (Å²) in [7, 11) is 1.53. The van der Waals surface area contributed by atoms with Crippen molar-refractivity contribution in [1.29, 1.82) is 10.5 Å². The van der Waals surface area contributed by atoms with Crippen molar-refractivity contribution in [3.05, 3.63) is 47.5 Å². The molecule has 2 aromatic carbocycles. The normalized spacial score (nSPS) is 9.35. The van der Waals surface area contributed by atoms with Crippen LogP contribution in [0.15, 0.2) is 36.4 Å². The lowest BCUT2D eigenvalue weighted by Crippen LogP contribution is -1.97. The van der Waals surface area contributed by atoms with E-state index in [1.165, 1.54) is 7.11 Å². The molecule has 0 aliphatic rings. The van der Waals surface area contributed by atoms with Crippen molar-refractivity contribution < 1.29 is 4.74 Å². The minimum atomic E-state index is 0.405. The molecule has 5 nitrogen and oxygen atoms in total. The highest BCUT2D eigenvalue weighted by molar-refractivity contribution is 5.71. The third kappa shape index (κ3) is 2.63. The van der Waals surface area contributed by atoms with E-state index in [4.69, 9.17) is 21.0 Å². The molecule has 0 aromatic heterocycles. The molecule has 0 heterocycles. The molecule has 0 aliphatic heterocycles. The molecule has 0 saturated heterocycles. The van der Waals surface area contributed by atoms with Crippen molar-refractivity contribution in [1.82, 2.24) is 0 Å². The average molecular weight is 264 g/mol. The van der Waals surface area contributed by atoms with Crippen LogP contribution in [-0.2, 0) is 0 Å². The number of nitrogens with two attached hydrogens (primary N) is 1. The van der Waals surface area contributed by atoms with Gasteiger partial charge < -0.3 is 15.8 Å². The summed E-state index contributed by atoms with van der Waals surface area (Å²) >= 11 is 0. The standard InChI is InChI=1S/C15H12N4O/c1-20-15-6-10(8-16)2-5-14(15)19-12-3-4-13(18)11(7-12)9-17/h2-7,19H,18H2,1H3. The van der Waals surface area contributed by atoms with E-state index >= 15 is 0 Å². The zero-order valence-corrected chi connectivity index (χ0v) is 10.8. The number of nitriles is 2. The van der Waals surface area contributed by atoms with Crippen LogP contribution in [0, 0.1) is 22.7 Å². The number of hydrogen-bond acceptors (Lipinski definition) is 5. The lowest BCUT2D eigenvalue weighted by atomic mass is 10.1. The molecule has 0 atom stereocenters. The van der Waals surface area contributed by atoms with Gasteiger partial charge in [-0.3, -0.25) is 0 Å². The Morgan fingerprint density at radius 3 is 2.55 bits per heavy atom. The number of hydrogen-bond donors (Lipinski definition) is 2. The lowest BCUT2D eigenvalue weighted by Gasteiger charge is -2.12. The van der Waals surface area contributed by atoms with E-state index in [0.29, 0.717) is 28.3 Å². The smallest absolute Gasteiger partial charge is 0.143 e. The molecule has 20 heavy (non-hydrogen) atoms. The molecule has 2 rings (SSSR count). The second-order valence-corrected chi connectivity index (χ2v) is 4.07. The predicted molar refractivity (Wildman–Crippen MR) is 76.6 cm³/mol. The monoisotopic (exact) mass is 264 g/mol. The number of rotatable bonds is 3. The van der Waals surface area contributed by atoms with Crippen LogP contribution in [0.1, 0.15) is 11.1 Å². The number of nitrogens with one attached hydrogen (secondary N) is 1. The van der Waals surface area contributed by atoms with Crippen LogP contribution >= 0.6 is 0 Å². The van der Waals surface area contributed by atoms with Crippen LogP contribution in [0.2, 0.25) is 0 Å². The summed E-state index contributed by atoms with van der Waals surface area (Å²) in [5.74, 6) is 0.555. The SMILES string of the molecule is COc1cc(C#N)ccc1Nc1ccc(N)c(C#N)c1. The van der Waals surface area contributed by atoms with Crippen molar-refractivity contribution in [2.45, 2.75) is 0 Å². The Bertz CT molecular complexity index is 726. The van der Waals surface area contributed by atoms with Crippen molar-refractivity contribution in [3.8, 4) is 17.9 Å². The van der Waals surface area contributed by atoms with Gasteiger partial charge in [0.15, 0.2) is 0 Å². The lowest BCUT2D eigenvalue weighted by molar-refractivity contribution is 0.416. The summed E-state index contributed by atoms with van der Waals surface area (Å²) in [6.45, 7) is 0. The molecule has 0 spiro atoms. The summed E-state index contributed by atoms with van der Waals surface area (Å²) in [4.78, 5) is 0. The van der Waals surface area contributed by atoms with Gasteiger partial charge in [-0.15, -0.1) is 0 Å². The molecule has 0 saturated carbocycles. The number of nitrogen functional groups attached to an aromatic ring is 1. The van der Waals surface area contributed by atoms with Gasteiger partial charge in [0, 0.05) is 17.4 Å². The molecular formula is C15H12N4O. The van der Waals surface area contributed by atoms with E-state index < -0.39 is 0 Å². The van der Waals surface area contributed by atoms with Gasteiger partial charge >= 0.3 is 0 Å². The molecule has 0 radical (unpaired) electrons. The number of benzene rings is 2. The van der Waals surface area contributed by atoms with Gasteiger partial charge in [0.1, 0.15) is 11.8 Å². The fraction of sp³-hybridized carbons (Fsp3) is 0.0667. The third-order valence-corrected chi connectivity index (χ3v) is 2.78. The highest BCUT2D eigenvalue weighted by Crippen LogP contribution is 2.29. The van der Waals surface area contributed by atoms with Crippen LogP contribution in [0.4, 0.5) is 17.1 Å². The highest BCUT2D eigenvalue weighted by atomic mass is 16.5. The number of nitrogens with zero attached hydrogens (tertiary/aromatic N) is 2. The Hall–Kier alpha value is -3.18. The minimum absolute atomic E-state index is 0.405. The molecule has 0 bridgehead atoms. The van der Waals surface area contributed by atoms with Crippen LogP contribution in [-0.4, -0.2) is 7.11 Å². The molecule has 2 aromatic rings. The Labute approximate surface area is 116 Å². The van der Waals surface area contributed by atoms with Crippen molar-refractivity contribution in [2.75, 3.05) is 18.2 Å². The second kappa shape index (κ2) is 5.64. The molecule has 98 valence electrons. The molecule has 5 heteroatoms. The summed E-state index contributed by atoms with van der Waals surface area (Å²) in [5.41, 5.74) is 8.46. The Balaban J connectivity index is 2.35. The Morgan fingerprint density at radius 1 is 1.10 bits per heavy atom. The maximum Gasteiger partial charge on any atom is 0.143 e. The minimum Gasteiger partial charge on any atom is -0.495 e. The maximum absolute atomic E-state index is 8.96. The summed E-state index contributed by atoms with van der Waals surface area (Å²) < 4.78 is 5.24. The average Bonchev–Trinajstić information content (AvgIpc) is 2.49. The largest absolute Gasteiger partial charge is 0.495 e. The van der Waals surface area contributed by atoms with E-state index in [1.807, 2.05) is 6.07 Å². The van der Waals surface area contributed by atoms with Gasteiger partial charge in [0.2, 0.25) is 0 Å². The number of ether oxygens (including phenoxy) is 1. The Morgan fingerprint density at radius 2 is 1.90 bits per heavy atom. The fourth-order valence-corrected chi connectivity index (χ4v) is 1.75. The van der Waals surface area contributed by atoms with E-state index in [-0.39, 0.29) is 0 Å². The first kappa shape index (κ1) is 13.3. The number of methoxy groups -OCH3 is 1. The molecule has 3 N–H and O–H groups in total. The number of anilines is 3. The molecule has 0 unspecified atom stereocenters. The van der Waals surface area contributed by atoms with Gasteiger partial charge in [-0.25, -0.2) is 0 Å². The zero-order chi connectivity index (χ0) is 14.5. The van der Waals surface area contributed by atoms with Crippen LogP contribution in [0.3, 0.4) is 0 Å². The molecular weight excluding hydrogens is 252 g/mol. The molecule has 0 amide bonds. The van der Waals surface area contributed by atoms with Gasteiger partial charge in [-0.05, 0) is 30.3 Å². The first-order valence-corrected chi connectivity index (χ1v) is 5.82. The van der Waals surface area contributed by atoms with Crippen molar-refractivity contribution >= 4 is 17.1 Å². The zero-order valence-electron chi connectivity index (χ0n) is 10.8. The Kier molecular flexibility index (Phi) is 3.74. The van der Waals surface area contributed by atoms with Crippen molar-refractivity contribution in [2.24, 2.45) is 0 Å². The molecule has 0 aliphatic carbocycles. The predicted octanol–water partition coefficient (Wildman–Crippen LogP) is 2.76. The van der Waals surface area contributed by atoms with E-state index in [1.54, 1.807) is 36.4 Å². The summed E-state index contributed by atoms with van der Waals surface area (Å²) in [5, 5.41) is 21.0. The van der Waals surface area contributed by atoms with E-state index in [9.17, 15) is 0 Å². The second-order valence-electron chi connectivity index (χ2n) is 4.07. The highest BCUT2D eigenvalue weighted by Gasteiger charge is 2.06. The van der Waals surface area contributed by atoms with E-state index in [2.05, 4.69) is 11.4 Å². The maximum atomic E-state index is 8.96. The quantitative estimate of drug-likeness (QED) is 0.831. The fourth-order valence-electron chi connectivity index (χ4n) is 1.75.